The largest absolute Gasteiger partial charge is 0.361 e. The average molecular weight is 379 g/mol. The van der Waals surface area contributed by atoms with Crippen molar-refractivity contribution in [1.82, 2.24) is 4.98 Å². The van der Waals surface area contributed by atoms with E-state index in [1.54, 1.807) is 0 Å². The van der Waals surface area contributed by atoms with Gasteiger partial charge in [0.25, 0.3) is 0 Å². The second-order valence-corrected chi connectivity index (χ2v) is 8.63. The van der Waals surface area contributed by atoms with Crippen LogP contribution in [0.15, 0.2) is 128 Å². The van der Waals surface area contributed by atoms with Crippen LogP contribution in [0.4, 0.5) is 0 Å². The first kappa shape index (κ1) is 18.2. The fourth-order valence-electron chi connectivity index (χ4n) is 3.17. The minimum atomic E-state index is -0.446. The van der Waals surface area contributed by atoms with Crippen molar-refractivity contribution in [3.05, 3.63) is 128 Å². The number of hydrogen-bond acceptors (Lipinski definition) is 0. The van der Waals surface area contributed by atoms with Gasteiger partial charge in [-0.15, -0.1) is 0 Å². The third-order valence-electron chi connectivity index (χ3n) is 4.51. The second kappa shape index (κ2) is 9.17. The van der Waals surface area contributed by atoms with Crippen LogP contribution in [-0.4, -0.2) is 4.98 Å². The Morgan fingerprint density at radius 1 is 0.429 bits per heavy atom. The van der Waals surface area contributed by atoms with E-state index in [4.69, 9.17) is 0 Å². The molecule has 2 heteroatoms. The van der Waals surface area contributed by atoms with Gasteiger partial charge in [0.15, 0.2) is 0 Å². The Morgan fingerprint density at radius 2 is 0.857 bits per heavy atom. The number of H-pyrrole nitrogens is 1. The Bertz CT molecular complexity index is 978. The molecule has 5 aromatic rings. The molecule has 5 rings (SSSR count). The summed E-state index contributed by atoms with van der Waals surface area (Å²) in [6.45, 7) is 0. The highest BCUT2D eigenvalue weighted by atomic mass is 31.1. The summed E-state index contributed by atoms with van der Waals surface area (Å²) in [5.41, 5.74) is 1.21. The Kier molecular flexibility index (Phi) is 5.97. The van der Waals surface area contributed by atoms with Crippen molar-refractivity contribution < 1.29 is 0 Å². The van der Waals surface area contributed by atoms with Gasteiger partial charge >= 0.3 is 0 Å². The fraction of sp³-hybridized carbons (Fsp3) is 0. The summed E-state index contributed by atoms with van der Waals surface area (Å²) in [5.74, 6) is 0. The number of benzene rings is 4. The number of nitrogens with one attached hydrogen (secondary N) is 1. The van der Waals surface area contributed by atoms with E-state index < -0.39 is 7.92 Å². The highest BCUT2D eigenvalue weighted by molar-refractivity contribution is 7.79. The minimum Gasteiger partial charge on any atom is -0.361 e. The van der Waals surface area contributed by atoms with Crippen LogP contribution in [0.2, 0.25) is 0 Å². The monoisotopic (exact) mass is 379 g/mol. The molecular formula is C26H22NP. The predicted molar refractivity (Wildman–Crippen MR) is 123 cm³/mol. The van der Waals surface area contributed by atoms with Crippen LogP contribution < -0.4 is 15.9 Å². The van der Waals surface area contributed by atoms with Crippen molar-refractivity contribution >= 4 is 34.7 Å². The lowest BCUT2D eigenvalue weighted by Crippen LogP contribution is -2.20. The Labute approximate surface area is 167 Å². The third kappa shape index (κ3) is 4.39. The van der Waals surface area contributed by atoms with Gasteiger partial charge in [-0.05, 0) is 41.4 Å². The first-order valence-corrected chi connectivity index (χ1v) is 10.7. The highest BCUT2D eigenvalue weighted by Crippen LogP contribution is 2.32. The molecule has 1 aromatic heterocycles. The zero-order valence-corrected chi connectivity index (χ0v) is 16.5. The molecule has 0 bridgehead atoms. The SMILES string of the molecule is c1ccc(P(c2ccccc2)c2ccccc2)cc1.c1ccc2[nH]ccc2c1. The molecule has 28 heavy (non-hydrogen) atoms. The van der Waals surface area contributed by atoms with Crippen LogP contribution in [-0.2, 0) is 0 Å². The first-order chi connectivity index (χ1) is 13.9. The number of para-hydroxylation sites is 1. The maximum absolute atomic E-state index is 3.12. The van der Waals surface area contributed by atoms with Crippen LogP contribution >= 0.6 is 7.92 Å². The van der Waals surface area contributed by atoms with Gasteiger partial charge in [-0.1, -0.05) is 109 Å². The number of aromatic amines is 1. The summed E-state index contributed by atoms with van der Waals surface area (Å²) in [7, 11) is -0.446. The topological polar surface area (TPSA) is 15.8 Å². The maximum Gasteiger partial charge on any atom is 0.0453 e. The number of rotatable bonds is 3. The van der Waals surface area contributed by atoms with Crippen LogP contribution in [0.5, 0.6) is 0 Å². The van der Waals surface area contributed by atoms with E-state index in [1.807, 2.05) is 18.3 Å². The van der Waals surface area contributed by atoms with Gasteiger partial charge in [-0.25, -0.2) is 0 Å². The van der Waals surface area contributed by atoms with Crippen LogP contribution in [0.25, 0.3) is 10.9 Å². The summed E-state index contributed by atoms with van der Waals surface area (Å²) >= 11 is 0. The van der Waals surface area contributed by atoms with Crippen LogP contribution in [0, 0.1) is 0 Å². The molecule has 0 amide bonds. The lowest BCUT2D eigenvalue weighted by Gasteiger charge is -2.18. The summed E-state index contributed by atoms with van der Waals surface area (Å²) < 4.78 is 0. The molecule has 1 heterocycles. The highest BCUT2D eigenvalue weighted by Gasteiger charge is 2.14. The van der Waals surface area contributed by atoms with Gasteiger partial charge in [0.2, 0.25) is 0 Å². The van der Waals surface area contributed by atoms with Crippen molar-refractivity contribution in [2.24, 2.45) is 0 Å². The van der Waals surface area contributed by atoms with Gasteiger partial charge in [0.05, 0.1) is 0 Å². The average Bonchev–Trinajstić information content (AvgIpc) is 3.26. The van der Waals surface area contributed by atoms with E-state index in [9.17, 15) is 0 Å². The van der Waals surface area contributed by atoms with Crippen molar-refractivity contribution in [3.63, 3.8) is 0 Å². The molecule has 0 fully saturated rings. The molecule has 0 radical (unpaired) electrons. The van der Waals surface area contributed by atoms with E-state index in [-0.39, 0.29) is 0 Å². The molecule has 0 aliphatic rings. The van der Waals surface area contributed by atoms with Crippen LogP contribution in [0.1, 0.15) is 0 Å². The molecule has 136 valence electrons. The van der Waals surface area contributed by atoms with Gasteiger partial charge in [0, 0.05) is 11.7 Å². The van der Waals surface area contributed by atoms with Crippen molar-refractivity contribution in [1.29, 1.82) is 0 Å². The summed E-state index contributed by atoms with van der Waals surface area (Å²) in [4.78, 5) is 3.12. The zero-order chi connectivity index (χ0) is 19.0. The van der Waals surface area contributed by atoms with Crippen molar-refractivity contribution in [2.45, 2.75) is 0 Å². The minimum absolute atomic E-state index is 0.446. The molecule has 0 spiro atoms. The lowest BCUT2D eigenvalue weighted by molar-refractivity contribution is 1.48. The molecule has 1 N–H and O–H groups in total. The second-order valence-electron chi connectivity index (χ2n) is 6.41. The number of hydrogen-bond donors (Lipinski definition) is 1. The Balaban J connectivity index is 0.000000177. The van der Waals surface area contributed by atoms with Gasteiger partial charge in [-0.2, -0.15) is 0 Å². The molecule has 0 saturated carbocycles. The van der Waals surface area contributed by atoms with Gasteiger partial charge in [-0.3, -0.25) is 0 Å². The summed E-state index contributed by atoms with van der Waals surface area (Å²) in [6, 6.07) is 42.6. The standard InChI is InChI=1S/C18H15P.C8H7N/c1-4-10-16(11-5-1)19(17-12-6-2-7-13-17)18-14-8-3-9-15-18;1-2-4-8-7(3-1)5-6-9-8/h1-15H;1-6,9H. The molecule has 0 saturated heterocycles. The van der Waals surface area contributed by atoms with E-state index in [1.165, 1.54) is 26.8 Å². The van der Waals surface area contributed by atoms with E-state index >= 15 is 0 Å². The van der Waals surface area contributed by atoms with E-state index in [0.717, 1.165) is 0 Å². The molecule has 0 aliphatic carbocycles. The molecular weight excluding hydrogens is 357 g/mol. The smallest absolute Gasteiger partial charge is 0.0453 e. The maximum atomic E-state index is 3.12. The molecule has 0 atom stereocenters. The Morgan fingerprint density at radius 3 is 1.32 bits per heavy atom. The summed E-state index contributed by atoms with van der Waals surface area (Å²) in [6.07, 6.45) is 1.95. The normalized spacial score (nSPS) is 10.5. The fourth-order valence-corrected chi connectivity index (χ4v) is 5.48. The number of fused-ring (bicyclic) bond motifs is 1. The first-order valence-electron chi connectivity index (χ1n) is 9.39. The van der Waals surface area contributed by atoms with Crippen molar-refractivity contribution in [2.75, 3.05) is 0 Å². The van der Waals surface area contributed by atoms with Gasteiger partial charge in [0.1, 0.15) is 0 Å². The van der Waals surface area contributed by atoms with E-state index in [2.05, 4.69) is 114 Å². The molecule has 0 aliphatic heterocycles. The Hall–Kier alpha value is -3.15. The number of aromatic nitrogens is 1. The van der Waals surface area contributed by atoms with Crippen LogP contribution in [0.3, 0.4) is 0 Å². The zero-order valence-electron chi connectivity index (χ0n) is 15.6. The third-order valence-corrected chi connectivity index (χ3v) is 6.95. The molecule has 4 aromatic carbocycles. The van der Waals surface area contributed by atoms with E-state index in [0.29, 0.717) is 0 Å². The lowest BCUT2D eigenvalue weighted by atomic mass is 10.3. The quantitative estimate of drug-likeness (QED) is 0.392. The van der Waals surface area contributed by atoms with Gasteiger partial charge < -0.3 is 4.98 Å². The van der Waals surface area contributed by atoms with Crippen molar-refractivity contribution in [3.8, 4) is 0 Å². The summed E-state index contributed by atoms with van der Waals surface area (Å²) in [5, 5.41) is 5.47. The molecule has 1 nitrogen and oxygen atoms in total. The predicted octanol–water partition coefficient (Wildman–Crippen LogP) is 5.61. The molecule has 0 unspecified atom stereocenters.